The van der Waals surface area contributed by atoms with E-state index in [1.54, 1.807) is 0 Å². The van der Waals surface area contributed by atoms with Crippen molar-refractivity contribution in [1.29, 1.82) is 0 Å². The quantitative estimate of drug-likeness (QED) is 0.891. The lowest BCUT2D eigenvalue weighted by atomic mass is 9.72. The Morgan fingerprint density at radius 1 is 1.39 bits per heavy atom. The minimum absolute atomic E-state index is 0.0161. The molecule has 0 saturated heterocycles. The Balaban J connectivity index is 2.43. The maximum Gasteiger partial charge on any atom is 0.0595 e. The summed E-state index contributed by atoms with van der Waals surface area (Å²) in [5.74, 6) is 0.294. The molecule has 1 unspecified atom stereocenters. The Morgan fingerprint density at radius 3 is 2.78 bits per heavy atom. The number of benzene rings is 1. The van der Waals surface area contributed by atoms with Crippen LogP contribution >= 0.6 is 23.2 Å². The Labute approximate surface area is 118 Å². The molecule has 1 aliphatic carbocycles. The van der Waals surface area contributed by atoms with E-state index in [-0.39, 0.29) is 12.0 Å². The van der Waals surface area contributed by atoms with Crippen LogP contribution in [-0.4, -0.2) is 25.3 Å². The van der Waals surface area contributed by atoms with Gasteiger partial charge in [-0.05, 0) is 43.5 Å². The summed E-state index contributed by atoms with van der Waals surface area (Å²) < 4.78 is 0. The Morgan fingerprint density at radius 2 is 2.17 bits per heavy atom. The lowest BCUT2D eigenvalue weighted by Gasteiger charge is -2.35. The summed E-state index contributed by atoms with van der Waals surface area (Å²) in [6.45, 7) is 1.08. The molecule has 0 amide bonds. The fourth-order valence-corrected chi connectivity index (χ4v) is 3.54. The first kappa shape index (κ1) is 14.1. The number of aliphatic hydroxyl groups excluding tert-OH is 1. The highest BCUT2D eigenvalue weighted by atomic mass is 35.5. The van der Waals surface area contributed by atoms with Crippen LogP contribution in [0.15, 0.2) is 18.2 Å². The fraction of sp³-hybridized carbons (Fsp3) is 0.571. The van der Waals surface area contributed by atoms with Crippen molar-refractivity contribution in [3.05, 3.63) is 33.8 Å². The lowest BCUT2D eigenvalue weighted by Crippen LogP contribution is -2.41. The van der Waals surface area contributed by atoms with Crippen molar-refractivity contribution in [2.75, 3.05) is 20.2 Å². The highest BCUT2D eigenvalue weighted by Gasteiger charge is 2.43. The van der Waals surface area contributed by atoms with E-state index in [0.717, 1.165) is 25.8 Å². The summed E-state index contributed by atoms with van der Waals surface area (Å²) in [6.07, 6.45) is 3.29. The topological polar surface area (TPSA) is 32.3 Å². The number of aliphatic hydroxyl groups is 1. The molecule has 1 aliphatic rings. The predicted molar refractivity (Wildman–Crippen MR) is 76.5 cm³/mol. The van der Waals surface area contributed by atoms with Crippen molar-refractivity contribution in [3.8, 4) is 0 Å². The molecule has 18 heavy (non-hydrogen) atoms. The maximum atomic E-state index is 9.63. The fourth-order valence-electron chi connectivity index (χ4n) is 3.25. The molecule has 100 valence electrons. The van der Waals surface area contributed by atoms with Gasteiger partial charge in [0.2, 0.25) is 0 Å². The van der Waals surface area contributed by atoms with Gasteiger partial charge in [-0.2, -0.15) is 0 Å². The molecule has 0 radical (unpaired) electrons. The zero-order chi connectivity index (χ0) is 13.2. The Hall–Kier alpha value is -0.280. The minimum atomic E-state index is -0.0161. The van der Waals surface area contributed by atoms with Gasteiger partial charge in [-0.1, -0.05) is 35.7 Å². The highest BCUT2D eigenvalue weighted by Crippen LogP contribution is 2.46. The van der Waals surface area contributed by atoms with Crippen LogP contribution in [-0.2, 0) is 5.41 Å². The number of likely N-dealkylation sites (N-methyl/N-ethyl adjacent to an activating group) is 1. The molecular weight excluding hydrogens is 269 g/mol. The van der Waals surface area contributed by atoms with Crippen molar-refractivity contribution in [2.45, 2.75) is 24.7 Å². The van der Waals surface area contributed by atoms with Crippen LogP contribution in [0.1, 0.15) is 24.8 Å². The van der Waals surface area contributed by atoms with Crippen molar-refractivity contribution < 1.29 is 5.11 Å². The van der Waals surface area contributed by atoms with E-state index in [1.807, 2.05) is 25.2 Å². The molecule has 1 saturated carbocycles. The van der Waals surface area contributed by atoms with Gasteiger partial charge < -0.3 is 10.4 Å². The molecule has 2 N–H and O–H groups in total. The van der Waals surface area contributed by atoms with E-state index in [1.165, 1.54) is 5.56 Å². The number of nitrogens with one attached hydrogen (secondary N) is 1. The molecule has 2 atom stereocenters. The molecule has 2 nitrogen and oxygen atoms in total. The van der Waals surface area contributed by atoms with E-state index in [9.17, 15) is 5.11 Å². The molecule has 1 aromatic rings. The van der Waals surface area contributed by atoms with Gasteiger partial charge in [0.05, 0.1) is 10.0 Å². The summed E-state index contributed by atoms with van der Waals surface area (Å²) >= 11 is 12.1. The van der Waals surface area contributed by atoms with Gasteiger partial charge in [-0.15, -0.1) is 0 Å². The normalized spacial score (nSPS) is 27.7. The van der Waals surface area contributed by atoms with Crippen LogP contribution in [0.3, 0.4) is 0 Å². The van der Waals surface area contributed by atoms with E-state index < -0.39 is 0 Å². The smallest absolute Gasteiger partial charge is 0.0595 e. The Kier molecular flexibility index (Phi) is 4.54. The van der Waals surface area contributed by atoms with E-state index in [0.29, 0.717) is 16.0 Å². The second-order valence-corrected chi connectivity index (χ2v) is 5.90. The third-order valence-electron chi connectivity index (χ3n) is 4.16. The zero-order valence-electron chi connectivity index (χ0n) is 10.5. The summed E-state index contributed by atoms with van der Waals surface area (Å²) in [7, 11) is 1.95. The van der Waals surface area contributed by atoms with Crippen molar-refractivity contribution in [3.63, 3.8) is 0 Å². The van der Waals surface area contributed by atoms with E-state index >= 15 is 0 Å². The molecule has 0 aromatic heterocycles. The van der Waals surface area contributed by atoms with Crippen LogP contribution in [0, 0.1) is 5.92 Å². The maximum absolute atomic E-state index is 9.63. The van der Waals surface area contributed by atoms with Gasteiger partial charge in [0.1, 0.15) is 0 Å². The summed E-state index contributed by atoms with van der Waals surface area (Å²) in [5, 5.41) is 14.1. The molecule has 1 aromatic carbocycles. The number of halogens is 2. The molecule has 0 aliphatic heterocycles. The summed E-state index contributed by atoms with van der Waals surface area (Å²) in [4.78, 5) is 0. The largest absolute Gasteiger partial charge is 0.396 e. The number of hydrogen-bond donors (Lipinski definition) is 2. The van der Waals surface area contributed by atoms with E-state index in [2.05, 4.69) is 5.32 Å². The summed E-state index contributed by atoms with van der Waals surface area (Å²) in [6, 6.07) is 5.85. The zero-order valence-corrected chi connectivity index (χ0v) is 12.1. The van der Waals surface area contributed by atoms with Crippen LogP contribution in [0.2, 0.25) is 10.0 Å². The monoisotopic (exact) mass is 287 g/mol. The van der Waals surface area contributed by atoms with Gasteiger partial charge in [-0.25, -0.2) is 0 Å². The molecule has 4 heteroatoms. The van der Waals surface area contributed by atoms with Gasteiger partial charge in [0.25, 0.3) is 0 Å². The molecule has 2 rings (SSSR count). The van der Waals surface area contributed by atoms with Gasteiger partial charge in [0.15, 0.2) is 0 Å². The number of rotatable bonds is 4. The number of hydrogen-bond acceptors (Lipinski definition) is 2. The highest BCUT2D eigenvalue weighted by molar-refractivity contribution is 6.42. The second-order valence-electron chi connectivity index (χ2n) is 5.09. The Bertz CT molecular complexity index is 424. The third kappa shape index (κ3) is 2.39. The molecule has 0 spiro atoms. The van der Waals surface area contributed by atoms with Crippen LogP contribution in [0.5, 0.6) is 0 Å². The first-order valence-corrected chi connectivity index (χ1v) is 7.10. The third-order valence-corrected chi connectivity index (χ3v) is 4.90. The molecular formula is C14H19Cl2NO. The first-order chi connectivity index (χ1) is 8.64. The second kappa shape index (κ2) is 5.79. The average molecular weight is 288 g/mol. The summed E-state index contributed by atoms with van der Waals surface area (Å²) in [5.41, 5.74) is 1.17. The van der Waals surface area contributed by atoms with Gasteiger partial charge >= 0.3 is 0 Å². The van der Waals surface area contributed by atoms with Crippen LogP contribution in [0.4, 0.5) is 0 Å². The van der Waals surface area contributed by atoms with Crippen LogP contribution in [0.25, 0.3) is 0 Å². The predicted octanol–water partition coefficient (Wildman–Crippen LogP) is 3.24. The lowest BCUT2D eigenvalue weighted by molar-refractivity contribution is 0.169. The SMILES string of the molecule is CNC[C@]1(c2ccc(Cl)c(Cl)c2)CCCC1CO. The molecule has 0 heterocycles. The van der Waals surface area contributed by atoms with Crippen molar-refractivity contribution in [2.24, 2.45) is 5.92 Å². The van der Waals surface area contributed by atoms with Crippen LogP contribution < -0.4 is 5.32 Å². The molecule has 1 fully saturated rings. The molecule has 0 bridgehead atoms. The van der Waals surface area contributed by atoms with Gasteiger partial charge in [0, 0.05) is 18.6 Å². The minimum Gasteiger partial charge on any atom is -0.396 e. The average Bonchev–Trinajstić information content (AvgIpc) is 2.77. The van der Waals surface area contributed by atoms with Gasteiger partial charge in [-0.3, -0.25) is 0 Å². The van der Waals surface area contributed by atoms with E-state index in [4.69, 9.17) is 23.2 Å². The van der Waals surface area contributed by atoms with Crippen molar-refractivity contribution >= 4 is 23.2 Å². The van der Waals surface area contributed by atoms with Crippen molar-refractivity contribution in [1.82, 2.24) is 5.32 Å². The first-order valence-electron chi connectivity index (χ1n) is 6.35. The standard InChI is InChI=1S/C14H19Cl2NO/c1-17-9-14(6-2-3-11(14)8-18)10-4-5-12(15)13(16)7-10/h4-5,7,11,17-18H,2-3,6,8-9H2,1H3/t11?,14-/m0/s1.